The number of halogens is 1. The maximum atomic E-state index is 12.0. The van der Waals surface area contributed by atoms with Crippen LogP contribution in [-0.2, 0) is 14.8 Å². The summed E-state index contributed by atoms with van der Waals surface area (Å²) in [6, 6.07) is 7.72. The summed E-state index contributed by atoms with van der Waals surface area (Å²) < 4.78 is 26.3. The first-order valence-electron chi connectivity index (χ1n) is 5.69. The van der Waals surface area contributed by atoms with Crippen LogP contribution in [0.3, 0.4) is 0 Å². The molecule has 1 aromatic carbocycles. The average molecular weight is 314 g/mol. The van der Waals surface area contributed by atoms with Gasteiger partial charge in [-0.05, 0) is 30.3 Å². The highest BCUT2D eigenvalue weighted by atomic mass is 35.5. The second-order valence-corrected chi connectivity index (χ2v) is 6.14. The van der Waals surface area contributed by atoms with E-state index in [0.29, 0.717) is 16.1 Å². The van der Waals surface area contributed by atoms with Crippen molar-refractivity contribution in [2.75, 3.05) is 13.6 Å². The summed E-state index contributed by atoms with van der Waals surface area (Å²) in [5.74, 6) is -0.414. The number of benzene rings is 1. The van der Waals surface area contributed by atoms with Crippen molar-refractivity contribution in [3.8, 4) is 0 Å². The third kappa shape index (κ3) is 3.24. The van der Waals surface area contributed by atoms with E-state index in [1.165, 1.54) is 19.2 Å². The van der Waals surface area contributed by atoms with E-state index in [2.05, 4.69) is 15.0 Å². The van der Waals surface area contributed by atoms with Crippen LogP contribution in [0.4, 0.5) is 0 Å². The smallest absolute Gasteiger partial charge is 0.241 e. The Morgan fingerprint density at radius 1 is 1.30 bits per heavy atom. The molecule has 6 nitrogen and oxygen atoms in total. The first-order chi connectivity index (χ1) is 9.42. The molecule has 1 amide bonds. The molecule has 0 aliphatic heterocycles. The van der Waals surface area contributed by atoms with Crippen LogP contribution in [0.1, 0.15) is 0 Å². The number of amides is 1. The Morgan fingerprint density at radius 3 is 2.75 bits per heavy atom. The number of nitrogens with zero attached hydrogens (tertiary/aromatic N) is 1. The van der Waals surface area contributed by atoms with Crippen molar-refractivity contribution < 1.29 is 13.2 Å². The van der Waals surface area contributed by atoms with Crippen molar-refractivity contribution in [2.24, 2.45) is 0 Å². The SMILES string of the molecule is CNC(=O)CNS(=O)(=O)c1ccc2nc(Cl)ccc2c1. The molecular weight excluding hydrogens is 302 g/mol. The number of rotatable bonds is 4. The summed E-state index contributed by atoms with van der Waals surface area (Å²) in [4.78, 5) is 15.2. The summed E-state index contributed by atoms with van der Waals surface area (Å²) in [7, 11) is -2.31. The molecule has 0 bridgehead atoms. The highest BCUT2D eigenvalue weighted by Crippen LogP contribution is 2.19. The van der Waals surface area contributed by atoms with Crippen LogP contribution in [0.2, 0.25) is 5.15 Å². The third-order valence-corrected chi connectivity index (χ3v) is 4.25. The first kappa shape index (κ1) is 14.7. The Kier molecular flexibility index (Phi) is 4.22. The molecule has 0 aliphatic rings. The molecule has 0 saturated carbocycles. The maximum Gasteiger partial charge on any atom is 0.241 e. The molecule has 2 rings (SSSR count). The van der Waals surface area contributed by atoms with Gasteiger partial charge in [-0.3, -0.25) is 4.79 Å². The Balaban J connectivity index is 2.32. The molecule has 0 spiro atoms. The van der Waals surface area contributed by atoms with Crippen molar-refractivity contribution in [2.45, 2.75) is 4.90 Å². The van der Waals surface area contributed by atoms with Crippen LogP contribution in [0.15, 0.2) is 35.2 Å². The predicted octanol–water partition coefficient (Wildman–Crippen LogP) is 0.912. The second-order valence-electron chi connectivity index (χ2n) is 3.99. The lowest BCUT2D eigenvalue weighted by molar-refractivity contribution is -0.119. The van der Waals surface area contributed by atoms with E-state index in [1.807, 2.05) is 0 Å². The molecule has 2 N–H and O–H groups in total. The van der Waals surface area contributed by atoms with Gasteiger partial charge in [0.05, 0.1) is 17.0 Å². The van der Waals surface area contributed by atoms with Crippen LogP contribution in [-0.4, -0.2) is 32.9 Å². The van der Waals surface area contributed by atoms with E-state index in [-0.39, 0.29) is 11.4 Å². The van der Waals surface area contributed by atoms with Gasteiger partial charge in [0.2, 0.25) is 15.9 Å². The number of hydrogen-bond donors (Lipinski definition) is 2. The molecule has 106 valence electrons. The lowest BCUT2D eigenvalue weighted by atomic mass is 10.2. The van der Waals surface area contributed by atoms with Crippen LogP contribution in [0.5, 0.6) is 0 Å². The minimum absolute atomic E-state index is 0.0676. The van der Waals surface area contributed by atoms with Crippen molar-refractivity contribution in [3.63, 3.8) is 0 Å². The molecule has 0 saturated heterocycles. The summed E-state index contributed by atoms with van der Waals surface area (Å²) in [6.07, 6.45) is 0. The van der Waals surface area contributed by atoms with E-state index in [0.717, 1.165) is 0 Å². The largest absolute Gasteiger partial charge is 0.358 e. The number of nitrogens with one attached hydrogen (secondary N) is 2. The number of hydrogen-bond acceptors (Lipinski definition) is 4. The van der Waals surface area contributed by atoms with Gasteiger partial charge in [0.15, 0.2) is 0 Å². The van der Waals surface area contributed by atoms with Gasteiger partial charge in [-0.2, -0.15) is 0 Å². The third-order valence-electron chi connectivity index (χ3n) is 2.64. The zero-order chi connectivity index (χ0) is 14.8. The van der Waals surface area contributed by atoms with Gasteiger partial charge in [0.25, 0.3) is 0 Å². The van der Waals surface area contributed by atoms with Gasteiger partial charge in [-0.1, -0.05) is 11.6 Å². The normalized spacial score (nSPS) is 11.5. The van der Waals surface area contributed by atoms with Crippen molar-refractivity contribution >= 4 is 38.4 Å². The van der Waals surface area contributed by atoms with Gasteiger partial charge >= 0.3 is 0 Å². The van der Waals surface area contributed by atoms with Gasteiger partial charge in [-0.25, -0.2) is 18.1 Å². The zero-order valence-electron chi connectivity index (χ0n) is 10.6. The molecule has 0 unspecified atom stereocenters. The highest BCUT2D eigenvalue weighted by molar-refractivity contribution is 7.89. The molecule has 1 aromatic heterocycles. The quantitative estimate of drug-likeness (QED) is 0.821. The topological polar surface area (TPSA) is 88.2 Å². The standard InChI is InChI=1S/C12H12ClN3O3S/c1-14-12(17)7-15-20(18,19)9-3-4-10-8(6-9)2-5-11(13)16-10/h2-6,15H,7H2,1H3,(H,14,17). The average Bonchev–Trinajstić information content (AvgIpc) is 2.44. The fourth-order valence-corrected chi connectivity index (χ4v) is 2.75. The number of fused-ring (bicyclic) bond motifs is 1. The minimum atomic E-state index is -3.74. The minimum Gasteiger partial charge on any atom is -0.358 e. The molecule has 8 heteroatoms. The molecule has 0 radical (unpaired) electrons. The Labute approximate surface area is 121 Å². The van der Waals surface area contributed by atoms with Crippen LogP contribution in [0.25, 0.3) is 10.9 Å². The van der Waals surface area contributed by atoms with Crippen LogP contribution >= 0.6 is 11.6 Å². The molecule has 2 aromatic rings. The van der Waals surface area contributed by atoms with Crippen LogP contribution < -0.4 is 10.0 Å². The summed E-state index contributed by atoms with van der Waals surface area (Å²) in [5.41, 5.74) is 0.600. The van der Waals surface area contributed by atoms with Gasteiger partial charge in [0.1, 0.15) is 5.15 Å². The lowest BCUT2D eigenvalue weighted by Crippen LogP contribution is -2.35. The lowest BCUT2D eigenvalue weighted by Gasteiger charge is -2.07. The number of likely N-dealkylation sites (N-methyl/N-ethyl adjacent to an activating group) is 1. The molecule has 20 heavy (non-hydrogen) atoms. The van der Waals surface area contributed by atoms with E-state index in [4.69, 9.17) is 11.6 Å². The number of pyridine rings is 1. The number of aromatic nitrogens is 1. The fraction of sp³-hybridized carbons (Fsp3) is 0.167. The van der Waals surface area contributed by atoms with Gasteiger partial charge in [0, 0.05) is 12.4 Å². The monoisotopic (exact) mass is 313 g/mol. The Bertz CT molecular complexity index is 762. The van der Waals surface area contributed by atoms with E-state index >= 15 is 0 Å². The number of carbonyl (C=O) groups excluding carboxylic acids is 1. The second kappa shape index (κ2) is 5.74. The molecular formula is C12H12ClN3O3S. The van der Waals surface area contributed by atoms with Crippen molar-refractivity contribution in [3.05, 3.63) is 35.5 Å². The zero-order valence-corrected chi connectivity index (χ0v) is 12.1. The molecule has 1 heterocycles. The van der Waals surface area contributed by atoms with E-state index in [9.17, 15) is 13.2 Å². The fourth-order valence-electron chi connectivity index (χ4n) is 1.58. The van der Waals surface area contributed by atoms with Gasteiger partial charge in [-0.15, -0.1) is 0 Å². The van der Waals surface area contributed by atoms with Crippen LogP contribution in [0, 0.1) is 0 Å². The summed E-state index contributed by atoms with van der Waals surface area (Å²) >= 11 is 5.76. The van der Waals surface area contributed by atoms with Gasteiger partial charge < -0.3 is 5.32 Å². The van der Waals surface area contributed by atoms with Crippen molar-refractivity contribution in [1.29, 1.82) is 0 Å². The highest BCUT2D eigenvalue weighted by Gasteiger charge is 2.15. The predicted molar refractivity (Wildman–Crippen MR) is 76.0 cm³/mol. The number of carbonyl (C=O) groups is 1. The molecule has 0 aliphatic carbocycles. The number of sulfonamides is 1. The maximum absolute atomic E-state index is 12.0. The van der Waals surface area contributed by atoms with E-state index < -0.39 is 15.9 Å². The molecule has 0 fully saturated rings. The first-order valence-corrected chi connectivity index (χ1v) is 7.55. The van der Waals surface area contributed by atoms with Crippen molar-refractivity contribution in [1.82, 2.24) is 15.0 Å². The molecule has 0 atom stereocenters. The Hall–Kier alpha value is -1.70. The Morgan fingerprint density at radius 2 is 2.05 bits per heavy atom. The van der Waals surface area contributed by atoms with E-state index in [1.54, 1.807) is 18.2 Å². The summed E-state index contributed by atoms with van der Waals surface area (Å²) in [6.45, 7) is -0.310. The summed E-state index contributed by atoms with van der Waals surface area (Å²) in [5, 5.41) is 3.32.